The molecule has 0 saturated heterocycles. The normalized spacial score (nSPS) is 21.4. The van der Waals surface area contributed by atoms with Crippen LogP contribution in [0.3, 0.4) is 0 Å². The van der Waals surface area contributed by atoms with Gasteiger partial charge in [0.2, 0.25) is 0 Å². The number of ketones is 1. The molecule has 5 atom stereocenters. The van der Waals surface area contributed by atoms with E-state index in [-0.39, 0.29) is 49.1 Å². The first-order valence-corrected chi connectivity index (χ1v) is 18.1. The molecule has 0 spiro atoms. The van der Waals surface area contributed by atoms with Crippen molar-refractivity contribution in [2.24, 2.45) is 5.73 Å². The van der Waals surface area contributed by atoms with Crippen LogP contribution in [0.25, 0.3) is 22.0 Å². The van der Waals surface area contributed by atoms with E-state index in [0.29, 0.717) is 24.5 Å². The van der Waals surface area contributed by atoms with Gasteiger partial charge in [-0.3, -0.25) is 4.79 Å². The minimum absolute atomic E-state index is 0.0258. The van der Waals surface area contributed by atoms with Crippen LogP contribution < -0.4 is 15.8 Å². The molecule has 5 aromatic rings. The predicted molar refractivity (Wildman–Crippen MR) is 194 cm³/mol. The third kappa shape index (κ3) is 5.48. The van der Waals surface area contributed by atoms with Crippen LogP contribution in [0.5, 0.6) is 11.5 Å². The van der Waals surface area contributed by atoms with Gasteiger partial charge in [0.15, 0.2) is 18.2 Å². The number of nitrogens with two attached hydrogens (primary N) is 1. The number of hydrogen-bond donors (Lipinski definition) is 6. The average Bonchev–Trinajstić information content (AvgIpc) is 3.82. The average molecular weight is 675 g/mol. The Morgan fingerprint density at radius 3 is 2.76 bits per heavy atom. The maximum atomic E-state index is 12.5. The van der Waals surface area contributed by atoms with E-state index >= 15 is 0 Å². The van der Waals surface area contributed by atoms with E-state index in [1.807, 2.05) is 11.5 Å². The lowest BCUT2D eigenvalue weighted by molar-refractivity contribution is -0.121. The number of hydrogen-bond acceptors (Lipinski definition) is 7. The molecule has 2 aromatic heterocycles. The summed E-state index contributed by atoms with van der Waals surface area (Å²) >= 11 is 0. The fourth-order valence-corrected chi connectivity index (χ4v) is 9.18. The third-order valence-electron chi connectivity index (χ3n) is 11.3. The second-order valence-corrected chi connectivity index (χ2v) is 14.5. The molecule has 8 rings (SSSR count). The summed E-state index contributed by atoms with van der Waals surface area (Å²) in [7, 11) is 0. The molecule has 1 aliphatic heterocycles. The van der Waals surface area contributed by atoms with Crippen LogP contribution in [0.1, 0.15) is 98.2 Å². The highest BCUT2D eigenvalue weighted by molar-refractivity contribution is 5.94. The number of aliphatic hydroxyl groups excluding tert-OH is 2. The summed E-state index contributed by atoms with van der Waals surface area (Å²) in [6.45, 7) is 2.18. The van der Waals surface area contributed by atoms with Crippen molar-refractivity contribution in [3.8, 4) is 22.6 Å². The summed E-state index contributed by atoms with van der Waals surface area (Å²) in [5, 5.41) is 35.5. The minimum Gasteiger partial charge on any atom is -0.504 e. The van der Waals surface area contributed by atoms with E-state index < -0.39 is 12.2 Å². The molecular formula is C41H46N4O5. The molecule has 3 heterocycles. The number of benzene rings is 3. The quantitative estimate of drug-likeness (QED) is 0.0779. The monoisotopic (exact) mass is 674 g/mol. The Bertz CT molecular complexity index is 2070. The van der Waals surface area contributed by atoms with E-state index in [1.165, 1.54) is 27.8 Å². The fourth-order valence-electron chi connectivity index (χ4n) is 9.18. The number of nitrogens with one attached hydrogen (secondary N) is 2. The number of aromatic amines is 1. The highest BCUT2D eigenvalue weighted by Crippen LogP contribution is 2.65. The predicted octanol–water partition coefficient (Wildman–Crippen LogP) is 7.13. The lowest BCUT2D eigenvalue weighted by atomic mass is 9.58. The maximum Gasteiger partial charge on any atom is 0.165 e. The van der Waals surface area contributed by atoms with E-state index in [0.717, 1.165) is 53.4 Å². The standard InChI is InChI=1S/C41H46N4O5/c1-2-6-25(46)18-27(48)19-26(47)14-12-24-13-15-36(49)37(17-24)50-23-45-21-30-33(20-43-35(30)22-45)41-16-5-10-31(41)28-7-4-11-34-39(28)38-29(40(42)44-34)8-3-9-32(38)41/h3-4,7-9,11,13,15,17,20-22,25,27,31,40,43-44,46,48-49H,2,5-6,10,12,14,16,18-19,23,42H2,1H3. The number of aromatic nitrogens is 2. The molecule has 1 fully saturated rings. The number of ether oxygens (including phenoxy) is 1. The zero-order chi connectivity index (χ0) is 34.6. The molecule has 2 aliphatic carbocycles. The smallest absolute Gasteiger partial charge is 0.165 e. The van der Waals surface area contributed by atoms with Crippen molar-refractivity contribution >= 4 is 22.4 Å². The second kappa shape index (κ2) is 13.0. The number of nitrogens with zero attached hydrogens (tertiary/aromatic N) is 1. The van der Waals surface area contributed by atoms with Gasteiger partial charge in [0.05, 0.1) is 17.7 Å². The number of Topliss-reactive ketones (excluding diaryl/α,β-unsaturated/α-hetero) is 1. The van der Waals surface area contributed by atoms with E-state index in [1.54, 1.807) is 18.2 Å². The molecular weight excluding hydrogens is 628 g/mol. The molecule has 260 valence electrons. The van der Waals surface area contributed by atoms with Gasteiger partial charge in [-0.15, -0.1) is 0 Å². The van der Waals surface area contributed by atoms with Crippen LogP contribution >= 0.6 is 0 Å². The number of aryl methyl sites for hydroxylation is 1. The number of anilines is 1. The Hall–Kier alpha value is -4.57. The highest BCUT2D eigenvalue weighted by Gasteiger charge is 2.53. The van der Waals surface area contributed by atoms with Gasteiger partial charge < -0.3 is 40.7 Å². The van der Waals surface area contributed by atoms with E-state index in [2.05, 4.69) is 65.3 Å². The molecule has 7 N–H and O–H groups in total. The summed E-state index contributed by atoms with van der Waals surface area (Å²) in [6, 6.07) is 18.4. The molecule has 3 aromatic carbocycles. The molecule has 50 heavy (non-hydrogen) atoms. The number of fused-ring (bicyclic) bond motifs is 4. The van der Waals surface area contributed by atoms with Gasteiger partial charge in [-0.1, -0.05) is 56.2 Å². The van der Waals surface area contributed by atoms with Gasteiger partial charge >= 0.3 is 0 Å². The molecule has 0 amide bonds. The number of H-pyrrole nitrogens is 1. The molecule has 3 aliphatic rings. The van der Waals surface area contributed by atoms with E-state index in [4.69, 9.17) is 10.5 Å². The number of aliphatic hydroxyl groups is 2. The van der Waals surface area contributed by atoms with Gasteiger partial charge in [0.1, 0.15) is 11.9 Å². The number of phenolic OH excluding ortho intramolecular Hbond substituents is 1. The van der Waals surface area contributed by atoms with Gasteiger partial charge in [0, 0.05) is 53.5 Å². The highest BCUT2D eigenvalue weighted by atomic mass is 16.5. The van der Waals surface area contributed by atoms with Gasteiger partial charge in [0.25, 0.3) is 0 Å². The van der Waals surface area contributed by atoms with Crippen molar-refractivity contribution < 1.29 is 24.9 Å². The largest absolute Gasteiger partial charge is 0.504 e. The first-order chi connectivity index (χ1) is 24.3. The number of carbonyl (C=O) groups excluding carboxylic acids is 1. The topological polar surface area (TPSA) is 146 Å². The zero-order valence-corrected chi connectivity index (χ0v) is 28.5. The van der Waals surface area contributed by atoms with Crippen LogP contribution in [0, 0.1) is 0 Å². The number of rotatable bonds is 13. The Morgan fingerprint density at radius 1 is 1.06 bits per heavy atom. The first kappa shape index (κ1) is 32.6. The summed E-state index contributed by atoms with van der Waals surface area (Å²) in [6.07, 6.45) is 10.4. The lowest BCUT2D eigenvalue weighted by Gasteiger charge is -2.46. The maximum absolute atomic E-state index is 12.5. The van der Waals surface area contributed by atoms with Crippen LogP contribution in [0.2, 0.25) is 0 Å². The number of phenols is 1. The minimum atomic E-state index is -0.842. The summed E-state index contributed by atoms with van der Waals surface area (Å²) in [5.41, 5.74) is 17.3. The summed E-state index contributed by atoms with van der Waals surface area (Å²) in [4.78, 5) is 16.1. The molecule has 5 unspecified atom stereocenters. The summed E-state index contributed by atoms with van der Waals surface area (Å²) in [5.74, 6) is 0.673. The first-order valence-electron chi connectivity index (χ1n) is 18.1. The Labute approximate surface area is 292 Å². The molecule has 9 nitrogen and oxygen atoms in total. The number of aromatic hydroxyl groups is 1. The fraction of sp³-hybridized carbons (Fsp3) is 0.390. The molecule has 0 radical (unpaired) electrons. The van der Waals surface area contributed by atoms with Crippen LogP contribution in [-0.2, 0) is 23.4 Å². The van der Waals surface area contributed by atoms with E-state index in [9.17, 15) is 20.1 Å². The Morgan fingerprint density at radius 2 is 1.90 bits per heavy atom. The van der Waals surface area contributed by atoms with Crippen LogP contribution in [0.15, 0.2) is 73.2 Å². The van der Waals surface area contributed by atoms with Gasteiger partial charge in [-0.2, -0.15) is 0 Å². The summed E-state index contributed by atoms with van der Waals surface area (Å²) < 4.78 is 8.15. The number of carbonyl (C=O) groups is 1. The van der Waals surface area contributed by atoms with Crippen molar-refractivity contribution in [1.29, 1.82) is 0 Å². The van der Waals surface area contributed by atoms with Crippen molar-refractivity contribution in [3.63, 3.8) is 0 Å². The molecule has 9 heteroatoms. The Kier molecular flexibility index (Phi) is 8.45. The lowest BCUT2D eigenvalue weighted by Crippen LogP contribution is -2.37. The van der Waals surface area contributed by atoms with Crippen LogP contribution in [0.4, 0.5) is 5.69 Å². The third-order valence-corrected chi connectivity index (χ3v) is 11.3. The SMILES string of the molecule is CCCC(O)CC(O)CC(=O)CCc1ccc(O)c(OCn2cc3[nH]cc(C45CCCC4c4cccc6c4-c4c(cccc45)C(N)N6)c3c2)c1. The Balaban J connectivity index is 1.02. The molecule has 1 saturated carbocycles. The van der Waals surface area contributed by atoms with Crippen molar-refractivity contribution in [1.82, 2.24) is 9.55 Å². The zero-order valence-electron chi connectivity index (χ0n) is 28.5. The van der Waals surface area contributed by atoms with Crippen molar-refractivity contribution in [2.75, 3.05) is 5.32 Å². The van der Waals surface area contributed by atoms with Gasteiger partial charge in [-0.05, 0) is 89.6 Å². The second-order valence-electron chi connectivity index (χ2n) is 14.5. The van der Waals surface area contributed by atoms with Crippen molar-refractivity contribution in [3.05, 3.63) is 101 Å². The van der Waals surface area contributed by atoms with Crippen LogP contribution in [-0.4, -0.2) is 42.9 Å². The van der Waals surface area contributed by atoms with Crippen molar-refractivity contribution in [2.45, 2.75) is 101 Å². The van der Waals surface area contributed by atoms with Gasteiger partial charge in [-0.25, -0.2) is 0 Å². The molecule has 0 bridgehead atoms.